The lowest BCUT2D eigenvalue weighted by Crippen LogP contribution is -2.34. The maximum atomic E-state index is 12.4. The van der Waals surface area contributed by atoms with Crippen LogP contribution < -0.4 is 15.5 Å². The van der Waals surface area contributed by atoms with E-state index in [0.717, 1.165) is 10.1 Å². The third-order valence-corrected chi connectivity index (χ3v) is 6.65. The lowest BCUT2D eigenvalue weighted by atomic mass is 10.2. The quantitative estimate of drug-likeness (QED) is 0.148. The number of hydrogen-bond donors (Lipinski definition) is 2. The number of thiophene rings is 1. The molecule has 0 saturated heterocycles. The molecular weight excluding hydrogens is 509 g/mol. The number of hydrogen-bond acceptors (Lipinski definition) is 6. The van der Waals surface area contributed by atoms with Crippen molar-refractivity contribution < 1.29 is 19.1 Å². The number of hydrazone groups is 1. The Morgan fingerprint density at radius 2 is 1.66 bits per heavy atom. The minimum absolute atomic E-state index is 0.264. The monoisotopic (exact) mass is 525 g/mol. The molecule has 0 saturated carbocycles. The van der Waals surface area contributed by atoms with E-state index >= 15 is 0 Å². The van der Waals surface area contributed by atoms with E-state index in [2.05, 4.69) is 15.8 Å². The van der Waals surface area contributed by atoms with E-state index in [0.29, 0.717) is 31.8 Å². The number of esters is 1. The van der Waals surface area contributed by atoms with Crippen molar-refractivity contribution in [3.63, 3.8) is 0 Å². The molecule has 0 spiro atoms. The molecule has 0 atom stereocenters. The van der Waals surface area contributed by atoms with E-state index in [-0.39, 0.29) is 6.54 Å². The molecule has 0 aliphatic rings. The van der Waals surface area contributed by atoms with Crippen LogP contribution in [0.1, 0.15) is 25.6 Å². The molecule has 1 aromatic heterocycles. The minimum atomic E-state index is -0.505. The summed E-state index contributed by atoms with van der Waals surface area (Å²) in [5, 5.41) is 8.10. The number of nitrogens with one attached hydrogen (secondary N) is 2. The average molecular weight is 526 g/mol. The number of benzene rings is 3. The van der Waals surface area contributed by atoms with Crippen LogP contribution in [0, 0.1) is 0 Å². The van der Waals surface area contributed by atoms with Crippen LogP contribution in [0.5, 0.6) is 5.75 Å². The zero-order valence-electron chi connectivity index (χ0n) is 18.0. The van der Waals surface area contributed by atoms with Crippen molar-refractivity contribution in [1.29, 1.82) is 0 Å². The van der Waals surface area contributed by atoms with Gasteiger partial charge in [-0.15, -0.1) is 11.3 Å². The highest BCUT2D eigenvalue weighted by atomic mass is 35.5. The van der Waals surface area contributed by atoms with Gasteiger partial charge in [-0.3, -0.25) is 9.59 Å². The topological polar surface area (TPSA) is 96.9 Å². The van der Waals surface area contributed by atoms with Gasteiger partial charge in [-0.2, -0.15) is 5.10 Å². The standard InChI is InChI=1S/C25H17Cl2N3O4S/c26-17-9-7-16(8-10-17)25(33)34-18-11-5-15(6-12-18)13-29-30-21(31)14-28-24(32)23-22(27)19-3-1-2-4-20(19)35-23/h1-13H,14H2,(H,28,32)(H,30,31). The van der Waals surface area contributed by atoms with Gasteiger partial charge in [-0.05, 0) is 60.2 Å². The summed E-state index contributed by atoms with van der Waals surface area (Å²) in [4.78, 5) is 36.9. The number of carbonyl (C=O) groups excluding carboxylic acids is 3. The van der Waals surface area contributed by atoms with E-state index < -0.39 is 17.8 Å². The van der Waals surface area contributed by atoms with Crippen molar-refractivity contribution in [3.8, 4) is 5.75 Å². The van der Waals surface area contributed by atoms with Gasteiger partial charge in [0.2, 0.25) is 0 Å². The van der Waals surface area contributed by atoms with Gasteiger partial charge in [0.05, 0.1) is 23.3 Å². The highest BCUT2D eigenvalue weighted by Crippen LogP contribution is 2.34. The van der Waals surface area contributed by atoms with E-state index in [1.165, 1.54) is 17.6 Å². The van der Waals surface area contributed by atoms with Crippen LogP contribution in [-0.2, 0) is 4.79 Å². The molecule has 0 bridgehead atoms. The molecule has 0 aliphatic heterocycles. The number of nitrogens with zero attached hydrogens (tertiary/aromatic N) is 1. The number of ether oxygens (including phenoxy) is 1. The van der Waals surface area contributed by atoms with Crippen LogP contribution >= 0.6 is 34.5 Å². The van der Waals surface area contributed by atoms with Crippen molar-refractivity contribution in [1.82, 2.24) is 10.7 Å². The molecule has 0 unspecified atom stereocenters. The van der Waals surface area contributed by atoms with Crippen LogP contribution in [0.3, 0.4) is 0 Å². The average Bonchev–Trinajstić information content (AvgIpc) is 3.20. The molecule has 176 valence electrons. The van der Waals surface area contributed by atoms with Crippen LogP contribution in [0.4, 0.5) is 0 Å². The highest BCUT2D eigenvalue weighted by molar-refractivity contribution is 7.21. The molecule has 0 fully saturated rings. The van der Waals surface area contributed by atoms with Gasteiger partial charge >= 0.3 is 5.97 Å². The van der Waals surface area contributed by atoms with Crippen molar-refractivity contribution in [2.75, 3.05) is 6.54 Å². The second-order valence-electron chi connectivity index (χ2n) is 7.18. The summed E-state index contributed by atoms with van der Waals surface area (Å²) in [6.45, 7) is -0.264. The SMILES string of the molecule is O=C(CNC(=O)c1sc2ccccc2c1Cl)NN=Cc1ccc(OC(=O)c2ccc(Cl)cc2)cc1. The Morgan fingerprint density at radius 3 is 2.37 bits per heavy atom. The second-order valence-corrected chi connectivity index (χ2v) is 9.05. The van der Waals surface area contributed by atoms with Gasteiger partial charge in [0.25, 0.3) is 11.8 Å². The maximum Gasteiger partial charge on any atom is 0.343 e. The number of halogens is 2. The first-order valence-electron chi connectivity index (χ1n) is 10.3. The molecule has 1 heterocycles. The van der Waals surface area contributed by atoms with Crippen LogP contribution in [0.2, 0.25) is 10.0 Å². The second kappa shape index (κ2) is 11.1. The Hall–Kier alpha value is -3.72. The summed E-state index contributed by atoms with van der Waals surface area (Å²) in [7, 11) is 0. The maximum absolute atomic E-state index is 12.4. The number of amides is 2. The predicted molar refractivity (Wildman–Crippen MR) is 138 cm³/mol. The van der Waals surface area contributed by atoms with E-state index in [1.54, 1.807) is 48.5 Å². The molecule has 4 rings (SSSR count). The fourth-order valence-electron chi connectivity index (χ4n) is 2.99. The zero-order chi connectivity index (χ0) is 24.8. The molecular formula is C25H17Cl2N3O4S. The summed E-state index contributed by atoms with van der Waals surface area (Å²) in [5.74, 6) is -1.08. The first kappa shape index (κ1) is 24.4. The third kappa shape index (κ3) is 6.24. The first-order valence-corrected chi connectivity index (χ1v) is 11.8. The zero-order valence-corrected chi connectivity index (χ0v) is 20.3. The predicted octanol–water partition coefficient (Wildman–Crippen LogP) is 5.31. The molecule has 4 aromatic rings. The van der Waals surface area contributed by atoms with Crippen LogP contribution in [0.15, 0.2) is 77.9 Å². The Kier molecular flexibility index (Phi) is 7.77. The Morgan fingerprint density at radius 1 is 0.943 bits per heavy atom. The summed E-state index contributed by atoms with van der Waals surface area (Å²) in [5.41, 5.74) is 3.39. The molecule has 2 N–H and O–H groups in total. The fraction of sp³-hybridized carbons (Fsp3) is 0.0400. The van der Waals surface area contributed by atoms with Crippen molar-refractivity contribution in [2.24, 2.45) is 5.10 Å². The van der Waals surface area contributed by atoms with Crippen molar-refractivity contribution in [3.05, 3.63) is 98.8 Å². The normalized spacial score (nSPS) is 10.9. The van der Waals surface area contributed by atoms with Gasteiger partial charge in [-0.25, -0.2) is 10.2 Å². The summed E-state index contributed by atoms with van der Waals surface area (Å²) >= 11 is 13.4. The lowest BCUT2D eigenvalue weighted by Gasteiger charge is -2.05. The van der Waals surface area contributed by atoms with Crippen LogP contribution in [0.25, 0.3) is 10.1 Å². The summed E-state index contributed by atoms with van der Waals surface area (Å²) in [6, 6.07) is 20.3. The number of fused-ring (bicyclic) bond motifs is 1. The Bertz CT molecular complexity index is 1420. The molecule has 0 radical (unpaired) electrons. The number of rotatable bonds is 7. The van der Waals surface area contributed by atoms with E-state index in [1.807, 2.05) is 24.3 Å². The Labute approximate surface area is 214 Å². The highest BCUT2D eigenvalue weighted by Gasteiger charge is 2.17. The van der Waals surface area contributed by atoms with Crippen molar-refractivity contribution >= 4 is 68.6 Å². The molecule has 0 aliphatic carbocycles. The molecule has 10 heteroatoms. The smallest absolute Gasteiger partial charge is 0.343 e. The van der Waals surface area contributed by atoms with Gasteiger partial charge in [0, 0.05) is 15.1 Å². The first-order chi connectivity index (χ1) is 16.9. The molecule has 7 nitrogen and oxygen atoms in total. The van der Waals surface area contributed by atoms with E-state index in [9.17, 15) is 14.4 Å². The van der Waals surface area contributed by atoms with Gasteiger partial charge in [0.15, 0.2) is 0 Å². The van der Waals surface area contributed by atoms with Crippen molar-refractivity contribution in [2.45, 2.75) is 0 Å². The van der Waals surface area contributed by atoms with Gasteiger partial charge < -0.3 is 10.1 Å². The van der Waals surface area contributed by atoms with E-state index in [4.69, 9.17) is 27.9 Å². The number of carbonyl (C=O) groups is 3. The van der Waals surface area contributed by atoms with Gasteiger partial charge in [-0.1, -0.05) is 41.4 Å². The summed E-state index contributed by atoms with van der Waals surface area (Å²) < 4.78 is 6.20. The summed E-state index contributed by atoms with van der Waals surface area (Å²) in [6.07, 6.45) is 1.42. The van der Waals surface area contributed by atoms with Gasteiger partial charge in [0.1, 0.15) is 10.6 Å². The largest absolute Gasteiger partial charge is 0.423 e. The minimum Gasteiger partial charge on any atom is -0.423 e. The molecule has 3 aromatic carbocycles. The molecule has 35 heavy (non-hydrogen) atoms. The Balaban J connectivity index is 1.25. The fourth-order valence-corrected chi connectivity index (χ4v) is 4.55. The lowest BCUT2D eigenvalue weighted by molar-refractivity contribution is -0.120. The van der Waals surface area contributed by atoms with Crippen LogP contribution in [-0.4, -0.2) is 30.5 Å². The third-order valence-electron chi connectivity index (χ3n) is 4.72. The molecule has 2 amide bonds.